The molecule has 0 unspecified atom stereocenters. The van der Waals surface area contributed by atoms with Crippen LogP contribution in [0.3, 0.4) is 0 Å². The Kier molecular flexibility index (Phi) is 5.22. The molecule has 0 atom stereocenters. The maximum atomic E-state index is 12.7. The van der Waals surface area contributed by atoms with Crippen molar-refractivity contribution in [1.82, 2.24) is 4.98 Å². The Morgan fingerprint density at radius 1 is 1.16 bits per heavy atom. The number of ether oxygens (including phenoxy) is 2. The highest BCUT2D eigenvalue weighted by Crippen LogP contribution is 2.32. The van der Waals surface area contributed by atoms with Crippen LogP contribution in [0.5, 0.6) is 11.5 Å². The van der Waals surface area contributed by atoms with Gasteiger partial charge in [-0.05, 0) is 46.9 Å². The first-order chi connectivity index (χ1) is 12.1. The molecule has 0 saturated carbocycles. The summed E-state index contributed by atoms with van der Waals surface area (Å²) in [4.78, 5) is 16.6. The summed E-state index contributed by atoms with van der Waals surface area (Å²) in [5.74, 6) is 1.48. The minimum Gasteiger partial charge on any atom is -0.493 e. The van der Waals surface area contributed by atoms with Gasteiger partial charge in [-0.1, -0.05) is 12.1 Å². The van der Waals surface area contributed by atoms with Crippen LogP contribution in [0.15, 0.2) is 53.4 Å². The van der Waals surface area contributed by atoms with E-state index in [-0.39, 0.29) is 5.91 Å². The van der Waals surface area contributed by atoms with Crippen molar-refractivity contribution < 1.29 is 18.7 Å². The number of benzene rings is 2. The molecule has 1 amide bonds. The van der Waals surface area contributed by atoms with Gasteiger partial charge in [0.15, 0.2) is 23.7 Å². The molecule has 0 radical (unpaired) electrons. The first kappa shape index (κ1) is 17.3. The van der Waals surface area contributed by atoms with Crippen LogP contribution < -0.4 is 14.8 Å². The maximum absolute atomic E-state index is 12.7. The van der Waals surface area contributed by atoms with E-state index in [1.807, 2.05) is 24.3 Å². The summed E-state index contributed by atoms with van der Waals surface area (Å²) in [6.07, 6.45) is 2.99. The van der Waals surface area contributed by atoms with E-state index in [2.05, 4.69) is 32.9 Å². The molecule has 1 aromatic heterocycles. The number of methoxy groups -OCH3 is 2. The summed E-state index contributed by atoms with van der Waals surface area (Å²) in [6.45, 7) is 0. The van der Waals surface area contributed by atoms with Gasteiger partial charge in [0, 0.05) is 14.8 Å². The molecule has 7 heteroatoms. The molecule has 3 aromatic rings. The van der Waals surface area contributed by atoms with Gasteiger partial charge in [0.05, 0.1) is 26.0 Å². The van der Waals surface area contributed by atoms with Crippen molar-refractivity contribution in [3.05, 3.63) is 58.1 Å². The third-order valence-electron chi connectivity index (χ3n) is 3.56. The summed E-state index contributed by atoms with van der Waals surface area (Å²) in [5, 5.41) is 2.89. The topological polar surface area (TPSA) is 73.6 Å². The molecular formula is C18H15IN2O4. The van der Waals surface area contributed by atoms with Crippen LogP contribution in [0.4, 0.5) is 5.69 Å². The number of hydrogen-bond donors (Lipinski definition) is 1. The summed E-state index contributed by atoms with van der Waals surface area (Å²) in [7, 11) is 3.09. The molecule has 0 spiro atoms. The van der Waals surface area contributed by atoms with E-state index in [1.54, 1.807) is 25.4 Å². The van der Waals surface area contributed by atoms with Gasteiger partial charge in [-0.2, -0.15) is 0 Å². The number of halogens is 1. The zero-order chi connectivity index (χ0) is 17.8. The molecular weight excluding hydrogens is 435 g/mol. The lowest BCUT2D eigenvalue weighted by atomic mass is 10.1. The summed E-state index contributed by atoms with van der Waals surface area (Å²) in [5.41, 5.74) is 1.99. The van der Waals surface area contributed by atoms with E-state index < -0.39 is 0 Å². The molecule has 0 aliphatic carbocycles. The van der Waals surface area contributed by atoms with Crippen LogP contribution in [0.2, 0.25) is 0 Å². The highest BCUT2D eigenvalue weighted by atomic mass is 127. The first-order valence-corrected chi connectivity index (χ1v) is 8.42. The molecule has 6 nitrogen and oxygen atoms in total. The zero-order valence-electron chi connectivity index (χ0n) is 13.6. The molecule has 25 heavy (non-hydrogen) atoms. The molecule has 0 fully saturated rings. The highest BCUT2D eigenvalue weighted by molar-refractivity contribution is 14.1. The Morgan fingerprint density at radius 3 is 2.60 bits per heavy atom. The molecule has 3 rings (SSSR count). The van der Waals surface area contributed by atoms with Crippen molar-refractivity contribution >= 4 is 34.2 Å². The minimum absolute atomic E-state index is 0.236. The van der Waals surface area contributed by atoms with Gasteiger partial charge in [0.25, 0.3) is 5.91 Å². The van der Waals surface area contributed by atoms with E-state index in [0.717, 1.165) is 9.13 Å². The number of carbonyl (C=O) groups excluding carboxylic acids is 1. The van der Waals surface area contributed by atoms with Crippen LogP contribution in [-0.4, -0.2) is 25.1 Å². The van der Waals surface area contributed by atoms with Gasteiger partial charge in [-0.25, -0.2) is 4.98 Å². The van der Waals surface area contributed by atoms with Crippen molar-refractivity contribution in [2.24, 2.45) is 0 Å². The number of carbonyl (C=O) groups is 1. The predicted molar refractivity (Wildman–Crippen MR) is 102 cm³/mol. The summed E-state index contributed by atoms with van der Waals surface area (Å²) in [6, 6.07) is 10.8. The fourth-order valence-corrected chi connectivity index (χ4v) is 3.02. The van der Waals surface area contributed by atoms with E-state index in [9.17, 15) is 4.79 Å². The molecule has 0 aliphatic heterocycles. The fraction of sp³-hybridized carbons (Fsp3) is 0.111. The number of amides is 1. The van der Waals surface area contributed by atoms with E-state index in [0.29, 0.717) is 28.5 Å². The van der Waals surface area contributed by atoms with Crippen LogP contribution in [0.1, 0.15) is 10.4 Å². The molecule has 1 heterocycles. The summed E-state index contributed by atoms with van der Waals surface area (Å²) >= 11 is 2.10. The number of oxazole rings is 1. The number of hydrogen-bond acceptors (Lipinski definition) is 5. The molecule has 0 bridgehead atoms. The Morgan fingerprint density at radius 2 is 1.92 bits per heavy atom. The Hall–Kier alpha value is -2.55. The Balaban J connectivity index is 1.87. The van der Waals surface area contributed by atoms with E-state index in [4.69, 9.17) is 13.9 Å². The fourth-order valence-electron chi connectivity index (χ4n) is 2.34. The number of rotatable bonds is 5. The third kappa shape index (κ3) is 3.76. The predicted octanol–water partition coefficient (Wildman–Crippen LogP) is 4.22. The van der Waals surface area contributed by atoms with Gasteiger partial charge in [0.1, 0.15) is 0 Å². The summed E-state index contributed by atoms with van der Waals surface area (Å²) < 4.78 is 16.6. The Bertz CT molecular complexity index is 894. The monoisotopic (exact) mass is 450 g/mol. The second-order valence-electron chi connectivity index (χ2n) is 5.09. The minimum atomic E-state index is -0.236. The van der Waals surface area contributed by atoms with Gasteiger partial charge in [-0.3, -0.25) is 4.79 Å². The second kappa shape index (κ2) is 7.56. The zero-order valence-corrected chi connectivity index (χ0v) is 15.7. The van der Waals surface area contributed by atoms with Crippen molar-refractivity contribution in [2.75, 3.05) is 19.5 Å². The molecule has 0 aliphatic rings. The molecule has 2 aromatic carbocycles. The van der Waals surface area contributed by atoms with Gasteiger partial charge in [0.2, 0.25) is 0 Å². The SMILES string of the molecule is COc1cc(I)c(C(=O)Nc2cccc(-c3cnco3)c2)cc1OC. The molecule has 0 saturated heterocycles. The van der Waals surface area contributed by atoms with E-state index >= 15 is 0 Å². The first-order valence-electron chi connectivity index (χ1n) is 7.34. The number of aromatic nitrogens is 1. The lowest BCUT2D eigenvalue weighted by molar-refractivity contribution is 0.102. The van der Waals surface area contributed by atoms with Gasteiger partial charge >= 0.3 is 0 Å². The average Bonchev–Trinajstić information content (AvgIpc) is 3.16. The van der Waals surface area contributed by atoms with Crippen molar-refractivity contribution in [1.29, 1.82) is 0 Å². The van der Waals surface area contributed by atoms with Crippen LogP contribution in [0.25, 0.3) is 11.3 Å². The maximum Gasteiger partial charge on any atom is 0.256 e. The van der Waals surface area contributed by atoms with Crippen LogP contribution >= 0.6 is 22.6 Å². The largest absolute Gasteiger partial charge is 0.493 e. The standard InChI is InChI=1S/C18H15IN2O4/c1-23-15-7-13(14(19)8-16(15)24-2)18(22)21-12-5-3-4-11(6-12)17-9-20-10-25-17/h3-10H,1-2H3,(H,21,22). The average molecular weight is 450 g/mol. The molecule has 1 N–H and O–H groups in total. The lowest BCUT2D eigenvalue weighted by Gasteiger charge is -2.12. The number of nitrogens with one attached hydrogen (secondary N) is 1. The lowest BCUT2D eigenvalue weighted by Crippen LogP contribution is -2.14. The van der Waals surface area contributed by atoms with Crippen LogP contribution in [-0.2, 0) is 0 Å². The highest BCUT2D eigenvalue weighted by Gasteiger charge is 2.16. The Labute approximate surface area is 158 Å². The van der Waals surface area contributed by atoms with Crippen molar-refractivity contribution in [3.63, 3.8) is 0 Å². The van der Waals surface area contributed by atoms with E-state index in [1.165, 1.54) is 13.5 Å². The third-order valence-corrected chi connectivity index (χ3v) is 4.45. The normalized spacial score (nSPS) is 10.4. The number of nitrogens with zero attached hydrogens (tertiary/aromatic N) is 1. The number of anilines is 1. The van der Waals surface area contributed by atoms with Crippen LogP contribution in [0, 0.1) is 3.57 Å². The van der Waals surface area contributed by atoms with Gasteiger partial charge in [-0.15, -0.1) is 0 Å². The molecule has 128 valence electrons. The van der Waals surface area contributed by atoms with Crippen molar-refractivity contribution in [2.45, 2.75) is 0 Å². The van der Waals surface area contributed by atoms with Gasteiger partial charge < -0.3 is 19.2 Å². The van der Waals surface area contributed by atoms with Crippen molar-refractivity contribution in [3.8, 4) is 22.8 Å². The smallest absolute Gasteiger partial charge is 0.256 e. The quantitative estimate of drug-likeness (QED) is 0.590. The second-order valence-corrected chi connectivity index (χ2v) is 6.25.